The molecule has 1 atom stereocenters. The number of aromatic nitrogens is 4. The van der Waals surface area contributed by atoms with E-state index in [1.54, 1.807) is 29.8 Å². The molecule has 2 heterocycles. The van der Waals surface area contributed by atoms with Gasteiger partial charge in [-0.25, -0.2) is 4.68 Å². The van der Waals surface area contributed by atoms with Crippen LogP contribution in [0.25, 0.3) is 16.6 Å². The van der Waals surface area contributed by atoms with Gasteiger partial charge in [-0.1, -0.05) is 41.3 Å². The smallest absolute Gasteiger partial charge is 0.269 e. The normalized spacial score (nSPS) is 12.9. The lowest BCUT2D eigenvalue weighted by atomic mass is 10.1. The van der Waals surface area contributed by atoms with Crippen molar-refractivity contribution >= 4 is 16.8 Å². The number of nitrogens with zero attached hydrogens (tertiary/aromatic N) is 4. The van der Waals surface area contributed by atoms with Gasteiger partial charge < -0.3 is 15.4 Å². The molecule has 0 bridgehead atoms. The number of benzene rings is 2. The first-order valence-electron chi connectivity index (χ1n) is 8.79. The third kappa shape index (κ3) is 3.47. The number of nitrogens with two attached hydrogens (primary N) is 1. The van der Waals surface area contributed by atoms with E-state index in [4.69, 9.17) is 10.3 Å². The van der Waals surface area contributed by atoms with Gasteiger partial charge in [0.25, 0.3) is 5.91 Å². The molecule has 0 radical (unpaired) electrons. The summed E-state index contributed by atoms with van der Waals surface area (Å²) in [6.07, 6.45) is 0. The molecule has 144 valence electrons. The molecule has 8 heteroatoms. The molecule has 4 aromatic rings. The summed E-state index contributed by atoms with van der Waals surface area (Å²) in [5.41, 5.74) is 6.20. The zero-order valence-electron chi connectivity index (χ0n) is 15.7. The lowest BCUT2D eigenvalue weighted by molar-refractivity contribution is 0.0996. The molecule has 1 amide bonds. The zero-order valence-corrected chi connectivity index (χ0v) is 15.7. The van der Waals surface area contributed by atoms with Crippen LogP contribution in [0.1, 0.15) is 34.7 Å². The number of carbonyl (C=O) groups excluding carboxylic acids is 1. The topological polar surface area (TPSA) is 120 Å². The van der Waals surface area contributed by atoms with E-state index in [2.05, 4.69) is 27.1 Å². The highest BCUT2D eigenvalue weighted by Gasteiger charge is 2.26. The SMILES string of the molecule is Cc1nc([C@](C)(O)C#Cc2cccc(-n3nc(C(N)=O)c4ccccc43)c2)no1. The average molecular weight is 387 g/mol. The maximum Gasteiger partial charge on any atom is 0.269 e. The summed E-state index contributed by atoms with van der Waals surface area (Å²) in [6.45, 7) is 3.13. The highest BCUT2D eigenvalue weighted by Crippen LogP contribution is 2.22. The van der Waals surface area contributed by atoms with Crippen LogP contribution in [0.2, 0.25) is 0 Å². The van der Waals surface area contributed by atoms with Gasteiger partial charge in [0.2, 0.25) is 11.7 Å². The van der Waals surface area contributed by atoms with E-state index in [9.17, 15) is 9.90 Å². The monoisotopic (exact) mass is 387 g/mol. The van der Waals surface area contributed by atoms with Gasteiger partial charge in [-0.15, -0.1) is 0 Å². The van der Waals surface area contributed by atoms with Crippen molar-refractivity contribution < 1.29 is 14.4 Å². The van der Waals surface area contributed by atoms with Gasteiger partial charge in [0, 0.05) is 17.9 Å². The van der Waals surface area contributed by atoms with Crippen molar-refractivity contribution in [3.63, 3.8) is 0 Å². The van der Waals surface area contributed by atoms with E-state index in [1.807, 2.05) is 30.3 Å². The molecule has 4 rings (SSSR count). The minimum atomic E-state index is -1.56. The Kier molecular flexibility index (Phi) is 4.37. The first kappa shape index (κ1) is 18.4. The molecule has 2 aromatic heterocycles. The van der Waals surface area contributed by atoms with Crippen LogP contribution in [0.3, 0.4) is 0 Å². The predicted octanol–water partition coefficient (Wildman–Crippen LogP) is 2.08. The fourth-order valence-corrected chi connectivity index (χ4v) is 2.91. The molecule has 0 aliphatic carbocycles. The molecular formula is C21H17N5O3. The van der Waals surface area contributed by atoms with Gasteiger partial charge in [0.05, 0.1) is 11.2 Å². The Hall–Kier alpha value is -3.96. The highest BCUT2D eigenvalue weighted by atomic mass is 16.5. The lowest BCUT2D eigenvalue weighted by Gasteiger charge is -2.10. The fourth-order valence-electron chi connectivity index (χ4n) is 2.91. The maximum atomic E-state index is 11.8. The number of fused-ring (bicyclic) bond motifs is 1. The van der Waals surface area contributed by atoms with Gasteiger partial charge in [0.1, 0.15) is 0 Å². The van der Waals surface area contributed by atoms with Crippen LogP contribution >= 0.6 is 0 Å². The van der Waals surface area contributed by atoms with Crippen LogP contribution in [-0.4, -0.2) is 30.9 Å². The van der Waals surface area contributed by atoms with Crippen molar-refractivity contribution in [3.05, 3.63) is 71.5 Å². The van der Waals surface area contributed by atoms with Crippen LogP contribution in [0.4, 0.5) is 0 Å². The molecule has 0 aliphatic rings. The Bertz CT molecular complexity index is 1290. The molecule has 0 unspecified atom stereocenters. The molecule has 0 aliphatic heterocycles. The second kappa shape index (κ2) is 6.89. The largest absolute Gasteiger partial charge is 0.371 e. The van der Waals surface area contributed by atoms with Crippen LogP contribution in [-0.2, 0) is 5.60 Å². The molecule has 3 N–H and O–H groups in total. The first-order chi connectivity index (χ1) is 13.8. The van der Waals surface area contributed by atoms with E-state index in [0.29, 0.717) is 22.5 Å². The number of amides is 1. The van der Waals surface area contributed by atoms with Crippen molar-refractivity contribution in [2.45, 2.75) is 19.4 Å². The van der Waals surface area contributed by atoms with Crippen molar-refractivity contribution in [3.8, 4) is 17.5 Å². The molecule has 0 fully saturated rings. The quantitative estimate of drug-likeness (QED) is 0.519. The Balaban J connectivity index is 1.75. The number of carbonyl (C=O) groups is 1. The van der Waals surface area contributed by atoms with Gasteiger partial charge in [0.15, 0.2) is 11.3 Å². The van der Waals surface area contributed by atoms with Crippen molar-refractivity contribution in [2.24, 2.45) is 5.73 Å². The number of aliphatic hydroxyl groups is 1. The summed E-state index contributed by atoms with van der Waals surface area (Å²) in [4.78, 5) is 15.8. The number of hydrogen-bond donors (Lipinski definition) is 2. The number of para-hydroxylation sites is 1. The average Bonchev–Trinajstić information content (AvgIpc) is 3.31. The standard InChI is InChI=1S/C21H17N5O3/c1-13-23-20(25-29-13)21(2,28)11-10-14-6-5-7-15(12-14)26-17-9-4-3-8-16(17)18(24-26)19(22)27/h3-9,12,28H,1-2H3,(H2,22,27)/t21-/m1/s1. The van der Waals surface area contributed by atoms with Gasteiger partial charge in [-0.3, -0.25) is 4.79 Å². The Morgan fingerprint density at radius 2 is 2.03 bits per heavy atom. The molecule has 29 heavy (non-hydrogen) atoms. The fraction of sp³-hybridized carbons (Fsp3) is 0.143. The van der Waals surface area contributed by atoms with Crippen LogP contribution in [0.5, 0.6) is 0 Å². The molecular weight excluding hydrogens is 370 g/mol. The third-order valence-electron chi connectivity index (χ3n) is 4.32. The minimum absolute atomic E-state index is 0.0998. The van der Waals surface area contributed by atoms with E-state index in [0.717, 1.165) is 5.52 Å². The first-order valence-corrected chi connectivity index (χ1v) is 8.79. The van der Waals surface area contributed by atoms with Crippen molar-refractivity contribution in [1.82, 2.24) is 19.9 Å². The Morgan fingerprint density at radius 3 is 2.76 bits per heavy atom. The molecule has 0 saturated heterocycles. The summed E-state index contributed by atoms with van der Waals surface area (Å²) >= 11 is 0. The molecule has 0 spiro atoms. The minimum Gasteiger partial charge on any atom is -0.371 e. The molecule has 0 saturated carbocycles. The Labute approximate surface area is 166 Å². The maximum absolute atomic E-state index is 11.8. The molecule has 2 aromatic carbocycles. The van der Waals surface area contributed by atoms with Gasteiger partial charge in [-0.05, 0) is 31.2 Å². The summed E-state index contributed by atoms with van der Waals surface area (Å²) in [5.74, 6) is 5.54. The van der Waals surface area contributed by atoms with Crippen molar-refractivity contribution in [1.29, 1.82) is 0 Å². The van der Waals surface area contributed by atoms with E-state index in [-0.39, 0.29) is 11.5 Å². The van der Waals surface area contributed by atoms with Crippen LogP contribution < -0.4 is 5.73 Å². The van der Waals surface area contributed by atoms with Crippen LogP contribution in [0, 0.1) is 18.8 Å². The summed E-state index contributed by atoms with van der Waals surface area (Å²) in [7, 11) is 0. The van der Waals surface area contributed by atoms with E-state index < -0.39 is 11.5 Å². The highest BCUT2D eigenvalue weighted by molar-refractivity contribution is 6.04. The van der Waals surface area contributed by atoms with E-state index in [1.165, 1.54) is 6.92 Å². The Morgan fingerprint density at radius 1 is 1.24 bits per heavy atom. The second-order valence-corrected chi connectivity index (χ2v) is 6.65. The lowest BCUT2D eigenvalue weighted by Crippen LogP contribution is -2.20. The predicted molar refractivity (Wildman–Crippen MR) is 105 cm³/mol. The summed E-state index contributed by atoms with van der Waals surface area (Å²) in [6, 6.07) is 14.6. The van der Waals surface area contributed by atoms with Gasteiger partial charge >= 0.3 is 0 Å². The molecule has 8 nitrogen and oxygen atoms in total. The number of rotatable bonds is 3. The summed E-state index contributed by atoms with van der Waals surface area (Å²) < 4.78 is 6.54. The van der Waals surface area contributed by atoms with Gasteiger partial charge in [-0.2, -0.15) is 10.1 Å². The number of primary amides is 1. The number of hydrogen-bond acceptors (Lipinski definition) is 6. The van der Waals surface area contributed by atoms with Crippen LogP contribution in [0.15, 0.2) is 53.1 Å². The third-order valence-corrected chi connectivity index (χ3v) is 4.32. The second-order valence-electron chi connectivity index (χ2n) is 6.65. The zero-order chi connectivity index (χ0) is 20.6. The number of aryl methyl sites for hydroxylation is 1. The van der Waals surface area contributed by atoms with Crippen molar-refractivity contribution in [2.75, 3.05) is 0 Å². The van der Waals surface area contributed by atoms with E-state index >= 15 is 0 Å². The summed E-state index contributed by atoms with van der Waals surface area (Å²) in [5, 5.41) is 19.3.